The van der Waals surface area contributed by atoms with Gasteiger partial charge in [-0.25, -0.2) is 4.39 Å². The summed E-state index contributed by atoms with van der Waals surface area (Å²) in [5.41, 5.74) is 1.06. The van der Waals surface area contributed by atoms with Crippen LogP contribution in [0.2, 0.25) is 0 Å². The van der Waals surface area contributed by atoms with Gasteiger partial charge in [0.15, 0.2) is 0 Å². The molecule has 1 heterocycles. The highest BCUT2D eigenvalue weighted by Crippen LogP contribution is 2.28. The lowest BCUT2D eigenvalue weighted by Gasteiger charge is -2.24. The molecule has 6 heteroatoms. The van der Waals surface area contributed by atoms with Gasteiger partial charge in [-0.1, -0.05) is 6.07 Å². The Morgan fingerprint density at radius 2 is 2.18 bits per heavy atom. The Morgan fingerprint density at radius 3 is 2.91 bits per heavy atom. The fourth-order valence-corrected chi connectivity index (χ4v) is 3.68. The van der Waals surface area contributed by atoms with Gasteiger partial charge in [0.1, 0.15) is 11.9 Å². The van der Waals surface area contributed by atoms with Crippen LogP contribution in [0.3, 0.4) is 0 Å². The van der Waals surface area contributed by atoms with Crippen molar-refractivity contribution in [3.63, 3.8) is 0 Å². The fraction of sp³-hybridized carbons (Fsp3) is 0.500. The minimum atomic E-state index is -0.459. The first kappa shape index (κ1) is 15.3. The number of rotatable bonds is 4. The third kappa shape index (κ3) is 3.27. The van der Waals surface area contributed by atoms with Crippen molar-refractivity contribution in [2.75, 3.05) is 18.2 Å². The average molecular weight is 322 g/mol. The normalized spacial score (nSPS) is 21.0. The number of nitrogens with zero attached hydrogens (tertiary/aromatic N) is 1. The minimum Gasteiger partial charge on any atom is -0.354 e. The lowest BCUT2D eigenvalue weighted by Crippen LogP contribution is -2.47. The maximum absolute atomic E-state index is 13.4. The summed E-state index contributed by atoms with van der Waals surface area (Å²) in [5, 5.41) is 2.93. The van der Waals surface area contributed by atoms with Crippen molar-refractivity contribution in [1.29, 1.82) is 0 Å². The predicted molar refractivity (Wildman–Crippen MR) is 84.2 cm³/mol. The molecule has 1 aliphatic carbocycles. The second-order valence-corrected chi connectivity index (χ2v) is 6.94. The second kappa shape index (κ2) is 6.28. The molecule has 2 amide bonds. The predicted octanol–water partition coefficient (Wildman–Crippen LogP) is 2.18. The molecule has 0 aromatic heterocycles. The van der Waals surface area contributed by atoms with E-state index >= 15 is 0 Å². The number of aryl methyl sites for hydroxylation is 1. The van der Waals surface area contributed by atoms with E-state index in [4.69, 9.17) is 0 Å². The van der Waals surface area contributed by atoms with Crippen LogP contribution in [0, 0.1) is 18.7 Å². The van der Waals surface area contributed by atoms with E-state index in [9.17, 15) is 14.0 Å². The standard InChI is InChI=1S/C16H19FN2O2S/c1-10-2-5-12(17)6-13(10)16(21)19-9-22-8-14(19)15(20)18-7-11-3-4-11/h2,5-6,11,14H,3-4,7-9H2,1H3,(H,18,20). The van der Waals surface area contributed by atoms with Gasteiger partial charge in [-0.2, -0.15) is 0 Å². The van der Waals surface area contributed by atoms with Gasteiger partial charge < -0.3 is 10.2 Å². The summed E-state index contributed by atoms with van der Waals surface area (Å²) in [4.78, 5) is 26.5. The van der Waals surface area contributed by atoms with Crippen LogP contribution >= 0.6 is 11.8 Å². The zero-order valence-electron chi connectivity index (χ0n) is 12.5. The lowest BCUT2D eigenvalue weighted by molar-refractivity contribution is -0.124. The van der Waals surface area contributed by atoms with Crippen LogP contribution in [0.1, 0.15) is 28.8 Å². The molecule has 1 saturated carbocycles. The first-order chi connectivity index (χ1) is 10.6. The highest BCUT2D eigenvalue weighted by molar-refractivity contribution is 7.99. The average Bonchev–Trinajstić information content (AvgIpc) is 3.20. The zero-order valence-corrected chi connectivity index (χ0v) is 13.3. The molecule has 0 bridgehead atoms. The summed E-state index contributed by atoms with van der Waals surface area (Å²) in [7, 11) is 0. The molecule has 1 saturated heterocycles. The Hall–Kier alpha value is -1.56. The molecule has 2 aliphatic rings. The van der Waals surface area contributed by atoms with Crippen molar-refractivity contribution in [3.05, 3.63) is 35.1 Å². The SMILES string of the molecule is Cc1ccc(F)cc1C(=O)N1CSCC1C(=O)NCC1CC1. The minimum absolute atomic E-state index is 0.0979. The molecule has 0 radical (unpaired) electrons. The molecule has 1 atom stereocenters. The van der Waals surface area contributed by atoms with E-state index in [1.165, 1.54) is 25.0 Å². The van der Waals surface area contributed by atoms with Crippen LogP contribution in [0.5, 0.6) is 0 Å². The molecule has 1 aromatic carbocycles. The van der Waals surface area contributed by atoms with E-state index in [1.807, 2.05) is 0 Å². The van der Waals surface area contributed by atoms with Crippen molar-refractivity contribution in [2.24, 2.45) is 5.92 Å². The number of nitrogens with one attached hydrogen (secondary N) is 1. The second-order valence-electron chi connectivity index (χ2n) is 5.94. The maximum Gasteiger partial charge on any atom is 0.255 e. The Balaban J connectivity index is 1.72. The van der Waals surface area contributed by atoms with Gasteiger partial charge >= 0.3 is 0 Å². The van der Waals surface area contributed by atoms with Gasteiger partial charge in [-0.3, -0.25) is 9.59 Å². The third-order valence-electron chi connectivity index (χ3n) is 4.14. The highest BCUT2D eigenvalue weighted by Gasteiger charge is 2.36. The smallest absolute Gasteiger partial charge is 0.255 e. The fourth-order valence-electron chi connectivity index (χ4n) is 2.52. The molecule has 1 N–H and O–H groups in total. The molecule has 2 fully saturated rings. The Bertz CT molecular complexity index is 604. The van der Waals surface area contributed by atoms with E-state index in [0.29, 0.717) is 29.7 Å². The molecular formula is C16H19FN2O2S. The Morgan fingerprint density at radius 1 is 1.41 bits per heavy atom. The van der Waals surface area contributed by atoms with Crippen molar-refractivity contribution in [3.8, 4) is 0 Å². The number of carbonyl (C=O) groups is 2. The number of thioether (sulfide) groups is 1. The van der Waals surface area contributed by atoms with Crippen LogP contribution in [-0.2, 0) is 4.79 Å². The van der Waals surface area contributed by atoms with Crippen LogP contribution in [0.4, 0.5) is 4.39 Å². The molecule has 0 spiro atoms. The van der Waals surface area contributed by atoms with E-state index in [-0.39, 0.29) is 11.8 Å². The number of benzene rings is 1. The van der Waals surface area contributed by atoms with Crippen LogP contribution < -0.4 is 5.32 Å². The van der Waals surface area contributed by atoms with Gasteiger partial charge in [0.2, 0.25) is 5.91 Å². The molecule has 3 rings (SSSR count). The molecule has 22 heavy (non-hydrogen) atoms. The van der Waals surface area contributed by atoms with E-state index < -0.39 is 11.9 Å². The van der Waals surface area contributed by atoms with Gasteiger partial charge in [0, 0.05) is 17.9 Å². The number of hydrogen-bond donors (Lipinski definition) is 1. The summed E-state index contributed by atoms with van der Waals surface area (Å²) in [6.07, 6.45) is 2.34. The summed E-state index contributed by atoms with van der Waals surface area (Å²) < 4.78 is 13.4. The molecular weight excluding hydrogens is 303 g/mol. The molecule has 1 aromatic rings. The topological polar surface area (TPSA) is 49.4 Å². The molecule has 1 unspecified atom stereocenters. The number of halogens is 1. The highest BCUT2D eigenvalue weighted by atomic mass is 32.2. The summed E-state index contributed by atoms with van der Waals surface area (Å²) in [5.74, 6) is 0.864. The van der Waals surface area contributed by atoms with Crippen molar-refractivity contribution < 1.29 is 14.0 Å². The van der Waals surface area contributed by atoms with Gasteiger partial charge in [-0.05, 0) is 43.4 Å². The summed E-state index contributed by atoms with van der Waals surface area (Å²) >= 11 is 1.55. The van der Waals surface area contributed by atoms with E-state index in [0.717, 1.165) is 5.56 Å². The summed E-state index contributed by atoms with van der Waals surface area (Å²) in [6, 6.07) is 3.72. The van der Waals surface area contributed by atoms with Crippen molar-refractivity contribution in [1.82, 2.24) is 10.2 Å². The molecule has 4 nitrogen and oxygen atoms in total. The number of amides is 2. The third-order valence-corrected chi connectivity index (χ3v) is 5.15. The van der Waals surface area contributed by atoms with Gasteiger partial charge in [0.05, 0.1) is 5.88 Å². The van der Waals surface area contributed by atoms with Gasteiger partial charge in [-0.15, -0.1) is 11.8 Å². The number of carbonyl (C=O) groups excluding carboxylic acids is 2. The van der Waals surface area contributed by atoms with Gasteiger partial charge in [0.25, 0.3) is 5.91 Å². The zero-order chi connectivity index (χ0) is 15.7. The van der Waals surface area contributed by atoms with Crippen LogP contribution in [0.25, 0.3) is 0 Å². The largest absolute Gasteiger partial charge is 0.354 e. The van der Waals surface area contributed by atoms with Crippen LogP contribution in [-0.4, -0.2) is 40.9 Å². The number of hydrogen-bond acceptors (Lipinski definition) is 3. The summed E-state index contributed by atoms with van der Waals surface area (Å²) in [6.45, 7) is 2.47. The first-order valence-electron chi connectivity index (χ1n) is 7.49. The monoisotopic (exact) mass is 322 g/mol. The Labute approximate surface area is 133 Å². The van der Waals surface area contributed by atoms with Crippen LogP contribution in [0.15, 0.2) is 18.2 Å². The van der Waals surface area contributed by atoms with E-state index in [2.05, 4.69) is 5.32 Å². The van der Waals surface area contributed by atoms with Crippen molar-refractivity contribution >= 4 is 23.6 Å². The van der Waals surface area contributed by atoms with Crippen molar-refractivity contribution in [2.45, 2.75) is 25.8 Å². The lowest BCUT2D eigenvalue weighted by atomic mass is 10.1. The molecule has 1 aliphatic heterocycles. The first-order valence-corrected chi connectivity index (χ1v) is 8.64. The maximum atomic E-state index is 13.4. The quantitative estimate of drug-likeness (QED) is 0.924. The molecule has 118 valence electrons. The Kier molecular flexibility index (Phi) is 4.38. The van der Waals surface area contributed by atoms with E-state index in [1.54, 1.807) is 29.7 Å².